The molecule has 2 aromatic rings. The van der Waals surface area contributed by atoms with Gasteiger partial charge in [0, 0.05) is 6.20 Å². The molecule has 1 N–H and O–H groups in total. The second-order valence-electron chi connectivity index (χ2n) is 4.93. The Balaban J connectivity index is 2.02. The number of oxazole rings is 1. The van der Waals surface area contributed by atoms with Crippen LogP contribution in [0.1, 0.15) is 26.7 Å². The molecular weight excluding hydrogens is 314 g/mol. The molecule has 102 valence electrons. The molecule has 0 saturated carbocycles. The molecule has 0 aliphatic carbocycles. The van der Waals surface area contributed by atoms with Gasteiger partial charge in [-0.25, -0.2) is 9.78 Å². The van der Waals surface area contributed by atoms with E-state index >= 15 is 0 Å². The van der Waals surface area contributed by atoms with Crippen LogP contribution in [0.25, 0.3) is 11.1 Å². The van der Waals surface area contributed by atoms with Crippen LogP contribution in [0, 0.1) is 0 Å². The zero-order valence-electron chi connectivity index (χ0n) is 10.9. The van der Waals surface area contributed by atoms with Crippen LogP contribution in [0.4, 0.5) is 4.79 Å². The first-order valence-corrected chi connectivity index (χ1v) is 6.50. The summed E-state index contributed by atoms with van der Waals surface area (Å²) in [5.74, 6) is 0.398. The monoisotopic (exact) mass is 327 g/mol. The van der Waals surface area contributed by atoms with Crippen molar-refractivity contribution in [2.45, 2.75) is 32.9 Å². The fraction of sp³-hybridized carbons (Fsp3) is 0.417. The number of hydrogen-bond acceptors (Lipinski definition) is 5. The molecule has 0 aliphatic rings. The number of nitrogens with zero attached hydrogens (tertiary/aromatic N) is 2. The van der Waals surface area contributed by atoms with Crippen LogP contribution < -0.4 is 5.32 Å². The summed E-state index contributed by atoms with van der Waals surface area (Å²) in [4.78, 5) is 19.7. The molecule has 0 fully saturated rings. The second-order valence-corrected chi connectivity index (χ2v) is 5.79. The summed E-state index contributed by atoms with van der Waals surface area (Å²) in [6.45, 7) is 5.56. The average Bonchev–Trinajstić information content (AvgIpc) is 2.68. The first-order valence-electron chi connectivity index (χ1n) is 5.71. The van der Waals surface area contributed by atoms with Gasteiger partial charge in [-0.1, -0.05) is 0 Å². The second kappa shape index (κ2) is 5.16. The van der Waals surface area contributed by atoms with E-state index in [0.717, 1.165) is 4.47 Å². The van der Waals surface area contributed by atoms with Crippen molar-refractivity contribution in [1.82, 2.24) is 15.3 Å². The summed E-state index contributed by atoms with van der Waals surface area (Å²) in [6.07, 6.45) is 2.71. The summed E-state index contributed by atoms with van der Waals surface area (Å²) < 4.78 is 11.4. The third kappa shape index (κ3) is 3.66. The van der Waals surface area contributed by atoms with E-state index in [1.807, 2.05) is 0 Å². The number of alkyl carbamates (subject to hydrolysis) is 1. The van der Waals surface area contributed by atoms with Crippen molar-refractivity contribution < 1.29 is 13.9 Å². The van der Waals surface area contributed by atoms with E-state index in [9.17, 15) is 4.79 Å². The summed E-state index contributed by atoms with van der Waals surface area (Å²) >= 11 is 3.32. The Bertz CT molecular complexity index is 604. The first kappa shape index (κ1) is 13.8. The van der Waals surface area contributed by atoms with E-state index < -0.39 is 11.7 Å². The number of aromatic nitrogens is 2. The fourth-order valence-electron chi connectivity index (χ4n) is 1.41. The molecule has 2 heterocycles. The van der Waals surface area contributed by atoms with Gasteiger partial charge in [-0.05, 0) is 36.7 Å². The van der Waals surface area contributed by atoms with E-state index in [-0.39, 0.29) is 6.54 Å². The third-order valence-corrected chi connectivity index (χ3v) is 2.65. The Morgan fingerprint density at radius 3 is 2.84 bits per heavy atom. The predicted molar refractivity (Wildman–Crippen MR) is 72.6 cm³/mol. The fourth-order valence-corrected chi connectivity index (χ4v) is 1.81. The summed E-state index contributed by atoms with van der Waals surface area (Å²) in [6, 6.07) is 0. The number of fused-ring (bicyclic) bond motifs is 1. The van der Waals surface area contributed by atoms with Crippen molar-refractivity contribution >= 4 is 33.1 Å². The van der Waals surface area contributed by atoms with Crippen LogP contribution in [0.2, 0.25) is 0 Å². The van der Waals surface area contributed by atoms with Crippen LogP contribution in [0.15, 0.2) is 21.3 Å². The van der Waals surface area contributed by atoms with E-state index in [4.69, 9.17) is 9.15 Å². The third-order valence-electron chi connectivity index (χ3n) is 2.08. The highest BCUT2D eigenvalue weighted by molar-refractivity contribution is 9.10. The highest BCUT2D eigenvalue weighted by Gasteiger charge is 2.17. The molecular formula is C12H14BrN3O3. The molecule has 0 spiro atoms. The van der Waals surface area contributed by atoms with Crippen molar-refractivity contribution in [2.24, 2.45) is 0 Å². The number of hydrogen-bond donors (Lipinski definition) is 1. The zero-order valence-corrected chi connectivity index (χ0v) is 12.4. The smallest absolute Gasteiger partial charge is 0.408 e. The lowest BCUT2D eigenvalue weighted by molar-refractivity contribution is 0.0519. The number of nitrogens with one attached hydrogen (secondary N) is 1. The molecule has 7 heteroatoms. The number of rotatable bonds is 2. The minimum Gasteiger partial charge on any atom is -0.444 e. The van der Waals surface area contributed by atoms with Gasteiger partial charge >= 0.3 is 6.09 Å². The minimum atomic E-state index is -0.529. The Morgan fingerprint density at radius 1 is 1.47 bits per heavy atom. The van der Waals surface area contributed by atoms with Crippen molar-refractivity contribution in [1.29, 1.82) is 0 Å². The van der Waals surface area contributed by atoms with E-state index in [0.29, 0.717) is 17.0 Å². The lowest BCUT2D eigenvalue weighted by atomic mass is 10.2. The van der Waals surface area contributed by atoms with Gasteiger partial charge in [-0.3, -0.25) is 4.98 Å². The molecule has 0 bridgehead atoms. The number of pyridine rings is 1. The number of ether oxygens (including phenoxy) is 1. The molecule has 0 aliphatic heterocycles. The van der Waals surface area contributed by atoms with Gasteiger partial charge in [-0.2, -0.15) is 0 Å². The van der Waals surface area contributed by atoms with E-state index in [1.165, 1.54) is 0 Å². The highest BCUT2D eigenvalue weighted by Crippen LogP contribution is 2.23. The van der Waals surface area contributed by atoms with Crippen LogP contribution in [0.5, 0.6) is 0 Å². The van der Waals surface area contributed by atoms with Crippen molar-refractivity contribution in [3.05, 3.63) is 22.8 Å². The quantitative estimate of drug-likeness (QED) is 0.917. The van der Waals surface area contributed by atoms with Crippen LogP contribution in [-0.4, -0.2) is 21.7 Å². The van der Waals surface area contributed by atoms with Gasteiger partial charge in [0.05, 0.1) is 17.2 Å². The largest absolute Gasteiger partial charge is 0.444 e. The maximum absolute atomic E-state index is 11.5. The van der Waals surface area contributed by atoms with Crippen LogP contribution in [-0.2, 0) is 11.3 Å². The normalized spacial score (nSPS) is 11.6. The van der Waals surface area contributed by atoms with E-state index in [1.54, 1.807) is 33.2 Å². The maximum Gasteiger partial charge on any atom is 0.408 e. The summed E-state index contributed by atoms with van der Waals surface area (Å²) in [7, 11) is 0. The SMILES string of the molecule is CC(C)(C)OC(=O)NCc1nc2cncc(Br)c2o1. The van der Waals surface area contributed by atoms with E-state index in [2.05, 4.69) is 31.2 Å². The lowest BCUT2D eigenvalue weighted by Crippen LogP contribution is -2.32. The number of halogens is 1. The molecule has 0 atom stereocenters. The molecule has 0 unspecified atom stereocenters. The Kier molecular flexibility index (Phi) is 3.75. The Hall–Kier alpha value is -1.63. The average molecular weight is 328 g/mol. The minimum absolute atomic E-state index is 0.163. The van der Waals surface area contributed by atoms with Gasteiger partial charge in [0.25, 0.3) is 0 Å². The summed E-state index contributed by atoms with van der Waals surface area (Å²) in [5.41, 5.74) is 0.713. The predicted octanol–water partition coefficient (Wildman–Crippen LogP) is 3.01. The first-order chi connectivity index (χ1) is 8.85. The molecule has 6 nitrogen and oxygen atoms in total. The van der Waals surface area contributed by atoms with Crippen molar-refractivity contribution in [3.8, 4) is 0 Å². The lowest BCUT2D eigenvalue weighted by Gasteiger charge is -2.19. The van der Waals surface area contributed by atoms with Crippen LogP contribution >= 0.6 is 15.9 Å². The van der Waals surface area contributed by atoms with Crippen LogP contribution in [0.3, 0.4) is 0 Å². The Labute approximate surface area is 118 Å². The summed E-state index contributed by atoms with van der Waals surface area (Å²) in [5, 5.41) is 2.58. The maximum atomic E-state index is 11.5. The van der Waals surface area contributed by atoms with Gasteiger partial charge in [0.15, 0.2) is 5.58 Å². The van der Waals surface area contributed by atoms with Crippen molar-refractivity contribution in [3.63, 3.8) is 0 Å². The topological polar surface area (TPSA) is 77.2 Å². The molecule has 2 aromatic heterocycles. The number of carbonyl (C=O) groups excluding carboxylic acids is 1. The molecule has 2 rings (SSSR count). The van der Waals surface area contributed by atoms with Gasteiger partial charge < -0.3 is 14.5 Å². The number of carbonyl (C=O) groups is 1. The Morgan fingerprint density at radius 2 is 2.21 bits per heavy atom. The van der Waals surface area contributed by atoms with Crippen molar-refractivity contribution in [2.75, 3.05) is 0 Å². The van der Waals surface area contributed by atoms with Gasteiger partial charge in [0.1, 0.15) is 11.1 Å². The van der Waals surface area contributed by atoms with Gasteiger partial charge in [0.2, 0.25) is 5.89 Å². The molecule has 0 saturated heterocycles. The highest BCUT2D eigenvalue weighted by atomic mass is 79.9. The molecule has 0 aromatic carbocycles. The standard InChI is InChI=1S/C12H14BrN3O3/c1-12(2,3)19-11(17)15-6-9-16-8-5-14-4-7(13)10(8)18-9/h4-5H,6H2,1-3H3,(H,15,17). The number of amides is 1. The molecule has 19 heavy (non-hydrogen) atoms. The molecule has 1 amide bonds. The molecule has 0 radical (unpaired) electrons. The zero-order chi connectivity index (χ0) is 14.0. The van der Waals surface area contributed by atoms with Gasteiger partial charge in [-0.15, -0.1) is 0 Å².